The van der Waals surface area contributed by atoms with E-state index in [-0.39, 0.29) is 0 Å². The van der Waals surface area contributed by atoms with Crippen LogP contribution in [-0.2, 0) is 19.5 Å². The average molecular weight is 422 g/mol. The first-order chi connectivity index (χ1) is 14.7. The van der Waals surface area contributed by atoms with E-state index in [0.29, 0.717) is 5.15 Å². The fourth-order valence-electron chi connectivity index (χ4n) is 4.18. The number of ether oxygens (including phenoxy) is 1. The third-order valence-electron chi connectivity index (χ3n) is 5.84. The Bertz CT molecular complexity index is 1130. The second-order valence-corrected chi connectivity index (χ2v) is 8.27. The first kappa shape index (κ1) is 19.4. The first-order valence-corrected chi connectivity index (χ1v) is 10.8. The minimum atomic E-state index is 0.556. The Morgan fingerprint density at radius 2 is 2.07 bits per heavy atom. The van der Waals surface area contributed by atoms with E-state index in [2.05, 4.69) is 25.9 Å². The van der Waals surface area contributed by atoms with Crippen molar-refractivity contribution < 1.29 is 4.74 Å². The predicted octanol–water partition coefficient (Wildman–Crippen LogP) is 4.22. The molecule has 2 aliphatic heterocycles. The molecule has 0 radical (unpaired) electrons. The molecule has 0 unspecified atom stereocenters. The standard InChI is InChI=1S/C23H24ClN5O/c1-30-18-5-6-19-15(11-18)10-16(22(24)27-19)13-29-9-7-20-17(14-29)12-26-23(28-20)21-4-2-3-8-25-21/h5-6,10-12H,2-4,7-9,13-14H2,1H3. The number of fused-ring (bicyclic) bond motifs is 2. The maximum atomic E-state index is 6.50. The summed E-state index contributed by atoms with van der Waals surface area (Å²) in [6.45, 7) is 3.39. The van der Waals surface area contributed by atoms with E-state index < -0.39 is 0 Å². The summed E-state index contributed by atoms with van der Waals surface area (Å²) in [4.78, 5) is 21.0. The van der Waals surface area contributed by atoms with Gasteiger partial charge in [-0.05, 0) is 43.5 Å². The van der Waals surface area contributed by atoms with Gasteiger partial charge in [-0.1, -0.05) is 11.6 Å². The summed E-state index contributed by atoms with van der Waals surface area (Å²) < 4.78 is 5.34. The van der Waals surface area contributed by atoms with Crippen molar-refractivity contribution in [1.82, 2.24) is 19.9 Å². The molecule has 0 saturated carbocycles. The maximum absolute atomic E-state index is 6.50. The smallest absolute Gasteiger partial charge is 0.173 e. The summed E-state index contributed by atoms with van der Waals surface area (Å²) >= 11 is 6.50. The average Bonchev–Trinajstić information content (AvgIpc) is 2.79. The molecule has 2 aromatic heterocycles. The second kappa shape index (κ2) is 8.28. The lowest BCUT2D eigenvalue weighted by Crippen LogP contribution is -2.31. The molecule has 7 heteroatoms. The molecule has 2 aliphatic rings. The number of methoxy groups -OCH3 is 1. The molecule has 30 heavy (non-hydrogen) atoms. The Balaban J connectivity index is 1.35. The highest BCUT2D eigenvalue weighted by atomic mass is 35.5. The summed E-state index contributed by atoms with van der Waals surface area (Å²) in [7, 11) is 1.67. The van der Waals surface area contributed by atoms with E-state index in [1.165, 1.54) is 18.4 Å². The number of hydrogen-bond donors (Lipinski definition) is 0. The Labute approximate surface area is 181 Å². The third-order valence-corrected chi connectivity index (χ3v) is 6.16. The molecule has 1 aromatic carbocycles. The van der Waals surface area contributed by atoms with E-state index >= 15 is 0 Å². The quantitative estimate of drug-likeness (QED) is 0.590. The van der Waals surface area contributed by atoms with Crippen LogP contribution < -0.4 is 4.74 Å². The summed E-state index contributed by atoms with van der Waals surface area (Å²) in [6.07, 6.45) is 6.22. The van der Waals surface area contributed by atoms with Crippen molar-refractivity contribution in [2.24, 2.45) is 4.99 Å². The predicted molar refractivity (Wildman–Crippen MR) is 118 cm³/mol. The number of aliphatic imine (C=N–C) groups is 1. The molecule has 5 rings (SSSR count). The van der Waals surface area contributed by atoms with Crippen LogP contribution in [0.4, 0.5) is 0 Å². The van der Waals surface area contributed by atoms with Crippen molar-refractivity contribution in [2.45, 2.75) is 38.8 Å². The highest BCUT2D eigenvalue weighted by Gasteiger charge is 2.21. The van der Waals surface area contributed by atoms with Gasteiger partial charge in [0.15, 0.2) is 5.82 Å². The topological polar surface area (TPSA) is 63.5 Å². The summed E-state index contributed by atoms with van der Waals surface area (Å²) in [5.74, 6) is 1.64. The van der Waals surface area contributed by atoms with Crippen molar-refractivity contribution in [3.8, 4) is 5.75 Å². The van der Waals surface area contributed by atoms with Crippen LogP contribution in [0, 0.1) is 0 Å². The zero-order chi connectivity index (χ0) is 20.5. The number of hydrogen-bond acceptors (Lipinski definition) is 6. The maximum Gasteiger partial charge on any atom is 0.173 e. The Hall–Kier alpha value is -2.57. The number of pyridine rings is 1. The van der Waals surface area contributed by atoms with Crippen LogP contribution in [-0.4, -0.2) is 45.8 Å². The van der Waals surface area contributed by atoms with E-state index in [0.717, 1.165) is 78.5 Å². The van der Waals surface area contributed by atoms with Crippen LogP contribution in [0.5, 0.6) is 5.75 Å². The van der Waals surface area contributed by atoms with Gasteiger partial charge in [-0.2, -0.15) is 0 Å². The van der Waals surface area contributed by atoms with Gasteiger partial charge in [-0.25, -0.2) is 15.0 Å². The van der Waals surface area contributed by atoms with Gasteiger partial charge in [0.2, 0.25) is 0 Å². The summed E-state index contributed by atoms with van der Waals surface area (Å²) in [5, 5.41) is 1.59. The van der Waals surface area contributed by atoms with E-state index in [1.807, 2.05) is 24.4 Å². The normalized spacial score (nSPS) is 16.9. The van der Waals surface area contributed by atoms with Gasteiger partial charge >= 0.3 is 0 Å². The molecule has 3 aromatic rings. The molecule has 4 heterocycles. The minimum Gasteiger partial charge on any atom is -0.497 e. The fourth-order valence-corrected chi connectivity index (χ4v) is 4.39. The first-order valence-electron chi connectivity index (χ1n) is 10.4. The van der Waals surface area contributed by atoms with Gasteiger partial charge in [0.1, 0.15) is 10.9 Å². The molecule has 0 aliphatic carbocycles. The van der Waals surface area contributed by atoms with Gasteiger partial charge in [0, 0.05) is 55.3 Å². The molecule has 0 amide bonds. The molecule has 0 fully saturated rings. The van der Waals surface area contributed by atoms with E-state index in [4.69, 9.17) is 21.3 Å². The van der Waals surface area contributed by atoms with Gasteiger partial charge < -0.3 is 4.74 Å². The lowest BCUT2D eigenvalue weighted by Gasteiger charge is -2.28. The molecular formula is C23H24ClN5O. The summed E-state index contributed by atoms with van der Waals surface area (Å²) in [6, 6.07) is 7.95. The van der Waals surface area contributed by atoms with Gasteiger partial charge in [0.05, 0.1) is 24.0 Å². The fraction of sp³-hybridized carbons (Fsp3) is 0.391. The zero-order valence-electron chi connectivity index (χ0n) is 17.1. The van der Waals surface area contributed by atoms with Crippen molar-refractivity contribution >= 4 is 28.2 Å². The van der Waals surface area contributed by atoms with Crippen LogP contribution in [0.25, 0.3) is 10.9 Å². The SMILES string of the molecule is COc1ccc2nc(Cl)c(CN3CCc4nc(C5=NCCCC5)ncc4C3)cc2c1. The van der Waals surface area contributed by atoms with Crippen LogP contribution in [0.2, 0.25) is 5.15 Å². The van der Waals surface area contributed by atoms with Crippen molar-refractivity contribution in [3.05, 3.63) is 58.3 Å². The second-order valence-electron chi connectivity index (χ2n) is 7.91. The molecule has 154 valence electrons. The molecule has 0 atom stereocenters. The van der Waals surface area contributed by atoms with Crippen LogP contribution in [0.1, 0.15) is 41.9 Å². The largest absolute Gasteiger partial charge is 0.497 e. The molecule has 0 saturated heterocycles. The van der Waals surface area contributed by atoms with Gasteiger partial charge in [-0.3, -0.25) is 9.89 Å². The van der Waals surface area contributed by atoms with E-state index in [1.54, 1.807) is 7.11 Å². The van der Waals surface area contributed by atoms with Crippen molar-refractivity contribution in [1.29, 1.82) is 0 Å². The minimum absolute atomic E-state index is 0.556. The lowest BCUT2D eigenvalue weighted by molar-refractivity contribution is 0.242. The Kier molecular flexibility index (Phi) is 5.35. The molecule has 0 bridgehead atoms. The van der Waals surface area contributed by atoms with Crippen LogP contribution in [0.3, 0.4) is 0 Å². The number of halogens is 1. The molecule has 0 spiro atoms. The Morgan fingerprint density at radius 1 is 1.13 bits per heavy atom. The monoisotopic (exact) mass is 421 g/mol. The molecule has 0 N–H and O–H groups in total. The van der Waals surface area contributed by atoms with Crippen molar-refractivity contribution in [2.75, 3.05) is 20.2 Å². The zero-order valence-corrected chi connectivity index (χ0v) is 17.8. The van der Waals surface area contributed by atoms with Crippen molar-refractivity contribution in [3.63, 3.8) is 0 Å². The van der Waals surface area contributed by atoms with Crippen LogP contribution >= 0.6 is 11.6 Å². The Morgan fingerprint density at radius 3 is 2.90 bits per heavy atom. The lowest BCUT2D eigenvalue weighted by atomic mass is 10.0. The van der Waals surface area contributed by atoms with Gasteiger partial charge in [0.25, 0.3) is 0 Å². The van der Waals surface area contributed by atoms with Crippen LogP contribution in [0.15, 0.2) is 35.5 Å². The number of benzene rings is 1. The highest BCUT2D eigenvalue weighted by molar-refractivity contribution is 6.30. The number of aromatic nitrogens is 3. The molecular weight excluding hydrogens is 398 g/mol. The van der Waals surface area contributed by atoms with Gasteiger partial charge in [-0.15, -0.1) is 0 Å². The molecule has 6 nitrogen and oxygen atoms in total. The highest BCUT2D eigenvalue weighted by Crippen LogP contribution is 2.27. The summed E-state index contributed by atoms with van der Waals surface area (Å²) in [5.41, 5.74) is 5.30. The number of rotatable bonds is 4. The number of nitrogens with zero attached hydrogens (tertiary/aromatic N) is 5. The van der Waals surface area contributed by atoms with E-state index in [9.17, 15) is 0 Å². The third kappa shape index (κ3) is 3.89.